The van der Waals surface area contributed by atoms with Crippen LogP contribution in [0.4, 0.5) is 0 Å². The van der Waals surface area contributed by atoms with Crippen LogP contribution in [0.15, 0.2) is 23.2 Å². The lowest BCUT2D eigenvalue weighted by atomic mass is 10.2. The number of aliphatic imine (C=N–C) groups is 1. The zero-order chi connectivity index (χ0) is 15.5. The van der Waals surface area contributed by atoms with Crippen LogP contribution in [0, 0.1) is 0 Å². The van der Waals surface area contributed by atoms with Gasteiger partial charge in [0.1, 0.15) is 11.5 Å². The topological polar surface area (TPSA) is 54.9 Å². The molecule has 0 saturated heterocycles. The third kappa shape index (κ3) is 5.94. The second kappa shape index (κ2) is 9.91. The van der Waals surface area contributed by atoms with Crippen LogP contribution < -0.4 is 20.1 Å². The molecule has 0 aliphatic rings. The number of ether oxygens (including phenoxy) is 2. The van der Waals surface area contributed by atoms with E-state index < -0.39 is 0 Å². The van der Waals surface area contributed by atoms with E-state index in [1.165, 1.54) is 12.8 Å². The molecule has 0 amide bonds. The molecule has 0 atom stereocenters. The molecule has 0 aromatic heterocycles. The van der Waals surface area contributed by atoms with E-state index in [0.29, 0.717) is 6.54 Å². The summed E-state index contributed by atoms with van der Waals surface area (Å²) in [6.07, 6.45) is 3.61. The van der Waals surface area contributed by atoms with Crippen molar-refractivity contribution in [1.29, 1.82) is 0 Å². The van der Waals surface area contributed by atoms with E-state index in [2.05, 4.69) is 22.5 Å². The molecular weight excluding hydrogens is 266 g/mol. The Morgan fingerprint density at radius 3 is 2.57 bits per heavy atom. The highest BCUT2D eigenvalue weighted by Gasteiger charge is 2.06. The third-order valence-corrected chi connectivity index (χ3v) is 3.24. The minimum atomic E-state index is 0.653. The van der Waals surface area contributed by atoms with E-state index in [4.69, 9.17) is 9.47 Å². The van der Waals surface area contributed by atoms with Crippen LogP contribution >= 0.6 is 0 Å². The van der Waals surface area contributed by atoms with Crippen molar-refractivity contribution in [1.82, 2.24) is 10.6 Å². The first kappa shape index (κ1) is 17.1. The predicted molar refractivity (Wildman–Crippen MR) is 87.3 cm³/mol. The van der Waals surface area contributed by atoms with Gasteiger partial charge in [-0.25, -0.2) is 0 Å². The first-order valence-corrected chi connectivity index (χ1v) is 7.40. The van der Waals surface area contributed by atoms with E-state index in [0.717, 1.165) is 36.0 Å². The molecule has 1 aromatic carbocycles. The normalized spacial score (nSPS) is 11.1. The molecular formula is C16H27N3O2. The average Bonchev–Trinajstić information content (AvgIpc) is 2.54. The van der Waals surface area contributed by atoms with Crippen LogP contribution in [-0.4, -0.2) is 33.8 Å². The minimum absolute atomic E-state index is 0.653. The molecule has 0 radical (unpaired) electrons. The summed E-state index contributed by atoms with van der Waals surface area (Å²) in [4.78, 5) is 4.22. The number of hydrogen-bond acceptors (Lipinski definition) is 3. The highest BCUT2D eigenvalue weighted by Crippen LogP contribution is 2.24. The van der Waals surface area contributed by atoms with Crippen LogP contribution in [0.2, 0.25) is 0 Å². The SMILES string of the molecule is CCCCCNC(=NC)NCc1ccc(OC)cc1OC. The van der Waals surface area contributed by atoms with Crippen molar-refractivity contribution < 1.29 is 9.47 Å². The van der Waals surface area contributed by atoms with E-state index in [1.54, 1.807) is 21.3 Å². The fourth-order valence-corrected chi connectivity index (χ4v) is 1.98. The van der Waals surface area contributed by atoms with Gasteiger partial charge in [0.05, 0.1) is 14.2 Å². The Balaban J connectivity index is 2.52. The standard InChI is InChI=1S/C16H27N3O2/c1-5-6-7-10-18-16(17-2)19-12-13-8-9-14(20-3)11-15(13)21-4/h8-9,11H,5-7,10,12H2,1-4H3,(H2,17,18,19). The Morgan fingerprint density at radius 1 is 1.14 bits per heavy atom. The Bertz CT molecular complexity index is 447. The summed E-state index contributed by atoms with van der Waals surface area (Å²) >= 11 is 0. The summed E-state index contributed by atoms with van der Waals surface area (Å²) < 4.78 is 10.6. The molecule has 0 aliphatic carbocycles. The zero-order valence-corrected chi connectivity index (χ0v) is 13.5. The Kier molecular flexibility index (Phi) is 8.09. The Hall–Kier alpha value is -1.91. The lowest BCUT2D eigenvalue weighted by molar-refractivity contribution is 0.390. The second-order valence-electron chi connectivity index (χ2n) is 4.74. The number of hydrogen-bond donors (Lipinski definition) is 2. The molecule has 0 saturated carbocycles. The molecule has 118 valence electrons. The van der Waals surface area contributed by atoms with Crippen molar-refractivity contribution in [3.8, 4) is 11.5 Å². The number of rotatable bonds is 8. The number of benzene rings is 1. The maximum atomic E-state index is 5.39. The molecule has 1 aromatic rings. The average molecular weight is 293 g/mol. The molecule has 1 rings (SSSR count). The summed E-state index contributed by atoms with van der Waals surface area (Å²) in [7, 11) is 5.09. The second-order valence-corrected chi connectivity index (χ2v) is 4.74. The predicted octanol–water partition coefficient (Wildman–Crippen LogP) is 2.56. The molecule has 21 heavy (non-hydrogen) atoms. The lowest BCUT2D eigenvalue weighted by Gasteiger charge is -2.14. The van der Waals surface area contributed by atoms with Crippen molar-refractivity contribution in [2.75, 3.05) is 27.8 Å². The summed E-state index contributed by atoms with van der Waals surface area (Å²) in [5.41, 5.74) is 1.06. The smallest absolute Gasteiger partial charge is 0.191 e. The van der Waals surface area contributed by atoms with Gasteiger partial charge >= 0.3 is 0 Å². The molecule has 5 heteroatoms. The van der Waals surface area contributed by atoms with Crippen LogP contribution in [-0.2, 0) is 6.54 Å². The van der Waals surface area contributed by atoms with E-state index in [1.807, 2.05) is 18.2 Å². The maximum Gasteiger partial charge on any atom is 0.191 e. The molecule has 0 heterocycles. The molecule has 2 N–H and O–H groups in total. The van der Waals surface area contributed by atoms with Gasteiger partial charge < -0.3 is 20.1 Å². The molecule has 0 bridgehead atoms. The van der Waals surface area contributed by atoms with Crippen molar-refractivity contribution in [3.63, 3.8) is 0 Å². The van der Waals surface area contributed by atoms with Gasteiger partial charge in [-0.15, -0.1) is 0 Å². The van der Waals surface area contributed by atoms with Crippen molar-refractivity contribution in [2.24, 2.45) is 4.99 Å². The quantitative estimate of drug-likeness (QED) is 0.439. The summed E-state index contributed by atoms with van der Waals surface area (Å²) in [5.74, 6) is 2.41. The number of nitrogens with one attached hydrogen (secondary N) is 2. The fraction of sp³-hybridized carbons (Fsp3) is 0.562. The third-order valence-electron chi connectivity index (χ3n) is 3.24. The fourth-order valence-electron chi connectivity index (χ4n) is 1.98. The van der Waals surface area contributed by atoms with Crippen molar-refractivity contribution in [3.05, 3.63) is 23.8 Å². The number of guanidine groups is 1. The number of methoxy groups -OCH3 is 2. The molecule has 5 nitrogen and oxygen atoms in total. The van der Waals surface area contributed by atoms with Crippen LogP contribution in [0.5, 0.6) is 11.5 Å². The van der Waals surface area contributed by atoms with E-state index in [-0.39, 0.29) is 0 Å². The van der Waals surface area contributed by atoms with Crippen LogP contribution in [0.1, 0.15) is 31.7 Å². The molecule has 0 unspecified atom stereocenters. The molecule has 0 fully saturated rings. The van der Waals surface area contributed by atoms with Crippen LogP contribution in [0.3, 0.4) is 0 Å². The summed E-state index contributed by atoms with van der Waals surface area (Å²) in [5, 5.41) is 6.60. The summed E-state index contributed by atoms with van der Waals surface area (Å²) in [6, 6.07) is 5.81. The lowest BCUT2D eigenvalue weighted by Crippen LogP contribution is -2.37. The molecule has 0 aliphatic heterocycles. The van der Waals surface area contributed by atoms with Gasteiger partial charge in [0.25, 0.3) is 0 Å². The largest absolute Gasteiger partial charge is 0.497 e. The number of nitrogens with zero attached hydrogens (tertiary/aromatic N) is 1. The minimum Gasteiger partial charge on any atom is -0.497 e. The molecule has 0 spiro atoms. The van der Waals surface area contributed by atoms with Crippen LogP contribution in [0.25, 0.3) is 0 Å². The van der Waals surface area contributed by atoms with Gasteiger partial charge in [0, 0.05) is 31.8 Å². The monoisotopic (exact) mass is 293 g/mol. The number of unbranched alkanes of at least 4 members (excludes halogenated alkanes) is 2. The van der Waals surface area contributed by atoms with Gasteiger partial charge in [-0.1, -0.05) is 19.8 Å². The first-order valence-electron chi connectivity index (χ1n) is 7.40. The van der Waals surface area contributed by atoms with Crippen molar-refractivity contribution in [2.45, 2.75) is 32.7 Å². The van der Waals surface area contributed by atoms with Gasteiger partial charge in [-0.05, 0) is 18.6 Å². The van der Waals surface area contributed by atoms with E-state index >= 15 is 0 Å². The highest BCUT2D eigenvalue weighted by molar-refractivity contribution is 5.79. The van der Waals surface area contributed by atoms with Gasteiger partial charge in [0.15, 0.2) is 5.96 Å². The zero-order valence-electron chi connectivity index (χ0n) is 13.5. The summed E-state index contributed by atoms with van der Waals surface area (Å²) in [6.45, 7) is 3.79. The van der Waals surface area contributed by atoms with E-state index in [9.17, 15) is 0 Å². The van der Waals surface area contributed by atoms with Gasteiger partial charge in [0.2, 0.25) is 0 Å². The van der Waals surface area contributed by atoms with Gasteiger partial charge in [-0.2, -0.15) is 0 Å². The maximum absolute atomic E-state index is 5.39. The van der Waals surface area contributed by atoms with Crippen molar-refractivity contribution >= 4 is 5.96 Å². The first-order chi connectivity index (χ1) is 10.2. The Labute approximate surface area is 127 Å². The van der Waals surface area contributed by atoms with Gasteiger partial charge in [-0.3, -0.25) is 4.99 Å². The Morgan fingerprint density at radius 2 is 1.95 bits per heavy atom. The highest BCUT2D eigenvalue weighted by atomic mass is 16.5.